The van der Waals surface area contributed by atoms with Gasteiger partial charge in [-0.15, -0.1) is 6.58 Å². The molecule has 1 nitrogen and oxygen atoms in total. The summed E-state index contributed by atoms with van der Waals surface area (Å²) in [6, 6.07) is 15.9. The molecule has 0 saturated carbocycles. The average molecular weight is 240 g/mol. The summed E-state index contributed by atoms with van der Waals surface area (Å²) >= 11 is 0. The van der Waals surface area contributed by atoms with Crippen molar-refractivity contribution in [2.24, 2.45) is 0 Å². The molecule has 0 aliphatic rings. The Labute approximate surface area is 105 Å². The molecule has 0 unspecified atom stereocenters. The first kappa shape index (κ1) is 12.1. The Hall–Kier alpha value is -1.38. The third-order valence-electron chi connectivity index (χ3n) is 2.68. The van der Waals surface area contributed by atoms with Gasteiger partial charge in [0.1, 0.15) is 0 Å². The van der Waals surface area contributed by atoms with E-state index in [2.05, 4.69) is 49.0 Å². The Balaban J connectivity index is 2.01. The van der Waals surface area contributed by atoms with Crippen LogP contribution in [-0.4, -0.2) is 16.4 Å². The second kappa shape index (κ2) is 6.38. The van der Waals surface area contributed by atoms with E-state index in [9.17, 15) is 0 Å². The smallest absolute Gasteiger partial charge is 0.233 e. The number of allylic oxidation sites excluding steroid dienone is 1. The zero-order valence-corrected chi connectivity index (χ0v) is 10.9. The Morgan fingerprint density at radius 1 is 1.12 bits per heavy atom. The maximum absolute atomic E-state index is 5.58. The molecule has 0 aliphatic heterocycles. The highest BCUT2D eigenvalue weighted by atomic mass is 28.2. The highest BCUT2D eigenvalue weighted by Crippen LogP contribution is 2.18. The van der Waals surface area contributed by atoms with Gasteiger partial charge < -0.3 is 4.43 Å². The Kier molecular flexibility index (Phi) is 4.53. The molecule has 86 valence electrons. The number of benzene rings is 2. The summed E-state index contributed by atoms with van der Waals surface area (Å²) in [6.07, 6.45) is 2.88. The fraction of sp³-hybridized carbons (Fsp3) is 0.200. The van der Waals surface area contributed by atoms with Crippen LogP contribution in [0.2, 0.25) is 6.04 Å². The topological polar surface area (TPSA) is 9.23 Å². The molecule has 2 radical (unpaired) electrons. The lowest BCUT2D eigenvalue weighted by atomic mass is 10.0. The summed E-state index contributed by atoms with van der Waals surface area (Å²) in [5.41, 5.74) is 1.37. The van der Waals surface area contributed by atoms with E-state index in [0.29, 0.717) is 9.76 Å². The minimum Gasteiger partial charge on any atom is -0.417 e. The molecule has 0 amide bonds. The van der Waals surface area contributed by atoms with Gasteiger partial charge in [-0.05, 0) is 28.8 Å². The minimum atomic E-state index is 0.543. The number of rotatable bonds is 6. The first-order valence-corrected chi connectivity index (χ1v) is 6.95. The second-order valence-corrected chi connectivity index (χ2v) is 4.86. The van der Waals surface area contributed by atoms with Crippen molar-refractivity contribution in [2.75, 3.05) is 6.61 Å². The van der Waals surface area contributed by atoms with E-state index in [1.165, 1.54) is 16.3 Å². The van der Waals surface area contributed by atoms with Crippen LogP contribution in [0, 0.1) is 0 Å². The van der Waals surface area contributed by atoms with Gasteiger partial charge in [0.25, 0.3) is 0 Å². The first-order valence-electron chi connectivity index (χ1n) is 5.84. The Bertz CT molecular complexity index is 488. The van der Waals surface area contributed by atoms with Gasteiger partial charge in [0.15, 0.2) is 0 Å². The van der Waals surface area contributed by atoms with Crippen molar-refractivity contribution in [1.29, 1.82) is 0 Å². The standard InChI is InChI=1S/C15H16OSi/c1-2-12-17-16-11-10-14-8-5-7-13-6-3-4-9-15(13)14/h2-9H,1,10-12H2. The van der Waals surface area contributed by atoms with Crippen molar-refractivity contribution >= 4 is 20.5 Å². The van der Waals surface area contributed by atoms with E-state index >= 15 is 0 Å². The van der Waals surface area contributed by atoms with Crippen LogP contribution in [0.4, 0.5) is 0 Å². The fourth-order valence-electron chi connectivity index (χ4n) is 1.86. The molecule has 17 heavy (non-hydrogen) atoms. The largest absolute Gasteiger partial charge is 0.417 e. The Morgan fingerprint density at radius 3 is 2.82 bits per heavy atom. The van der Waals surface area contributed by atoms with Crippen LogP contribution in [0.25, 0.3) is 10.8 Å². The zero-order valence-electron chi connectivity index (χ0n) is 9.86. The summed E-state index contributed by atoms with van der Waals surface area (Å²) in [5.74, 6) is 0. The van der Waals surface area contributed by atoms with Gasteiger partial charge in [0, 0.05) is 6.61 Å². The third-order valence-corrected chi connectivity index (χ3v) is 3.55. The molecular weight excluding hydrogens is 224 g/mol. The van der Waals surface area contributed by atoms with Crippen molar-refractivity contribution < 1.29 is 4.43 Å². The summed E-state index contributed by atoms with van der Waals surface area (Å²) in [7, 11) is 0.543. The van der Waals surface area contributed by atoms with E-state index in [1.54, 1.807) is 0 Å². The molecule has 0 bridgehead atoms. The van der Waals surface area contributed by atoms with Crippen molar-refractivity contribution in [3.05, 3.63) is 60.7 Å². The monoisotopic (exact) mass is 240 g/mol. The normalized spacial score (nSPS) is 10.6. The lowest BCUT2D eigenvalue weighted by Crippen LogP contribution is -2.02. The number of hydrogen-bond acceptors (Lipinski definition) is 1. The summed E-state index contributed by atoms with van der Waals surface area (Å²) < 4.78 is 5.58. The van der Waals surface area contributed by atoms with Crippen molar-refractivity contribution in [2.45, 2.75) is 12.5 Å². The predicted molar refractivity (Wildman–Crippen MR) is 74.4 cm³/mol. The lowest BCUT2D eigenvalue weighted by Gasteiger charge is -2.06. The highest BCUT2D eigenvalue weighted by Gasteiger charge is 1.99. The quantitative estimate of drug-likeness (QED) is 0.426. The van der Waals surface area contributed by atoms with Gasteiger partial charge in [-0.3, -0.25) is 0 Å². The van der Waals surface area contributed by atoms with E-state index < -0.39 is 0 Å². The van der Waals surface area contributed by atoms with Gasteiger partial charge >= 0.3 is 0 Å². The number of hydrogen-bond donors (Lipinski definition) is 0. The van der Waals surface area contributed by atoms with Crippen molar-refractivity contribution in [3.8, 4) is 0 Å². The molecule has 2 rings (SSSR count). The Morgan fingerprint density at radius 2 is 1.94 bits per heavy atom. The van der Waals surface area contributed by atoms with E-state index in [1.807, 2.05) is 6.08 Å². The van der Waals surface area contributed by atoms with Gasteiger partial charge in [0.05, 0.1) is 0 Å². The molecule has 0 spiro atoms. The van der Waals surface area contributed by atoms with Crippen LogP contribution in [0.5, 0.6) is 0 Å². The van der Waals surface area contributed by atoms with Gasteiger partial charge in [-0.1, -0.05) is 48.5 Å². The van der Waals surface area contributed by atoms with Crippen LogP contribution in [0.3, 0.4) is 0 Å². The van der Waals surface area contributed by atoms with Gasteiger partial charge in [-0.25, -0.2) is 0 Å². The summed E-state index contributed by atoms with van der Waals surface area (Å²) in [5, 5.41) is 2.64. The molecule has 2 aromatic rings. The molecule has 0 atom stereocenters. The zero-order chi connectivity index (χ0) is 11.9. The molecule has 0 N–H and O–H groups in total. The average Bonchev–Trinajstić information content (AvgIpc) is 2.39. The van der Waals surface area contributed by atoms with Crippen molar-refractivity contribution in [1.82, 2.24) is 0 Å². The maximum Gasteiger partial charge on any atom is 0.233 e. The molecule has 0 aliphatic carbocycles. The van der Waals surface area contributed by atoms with Gasteiger partial charge in [0.2, 0.25) is 9.76 Å². The fourth-order valence-corrected chi connectivity index (χ4v) is 2.34. The molecule has 2 heteroatoms. The van der Waals surface area contributed by atoms with E-state index in [0.717, 1.165) is 19.1 Å². The molecule has 2 aromatic carbocycles. The molecular formula is C15H16OSi. The lowest BCUT2D eigenvalue weighted by molar-refractivity contribution is 0.342. The van der Waals surface area contributed by atoms with E-state index in [4.69, 9.17) is 4.43 Å². The van der Waals surface area contributed by atoms with E-state index in [-0.39, 0.29) is 0 Å². The highest BCUT2D eigenvalue weighted by molar-refractivity contribution is 6.27. The third kappa shape index (κ3) is 3.28. The second-order valence-electron chi connectivity index (χ2n) is 3.87. The molecule has 0 heterocycles. The SMILES string of the molecule is C=CC[Si]OCCc1cccc2ccccc12. The number of fused-ring (bicyclic) bond motifs is 1. The maximum atomic E-state index is 5.58. The summed E-state index contributed by atoms with van der Waals surface area (Å²) in [6.45, 7) is 4.48. The van der Waals surface area contributed by atoms with Crippen LogP contribution >= 0.6 is 0 Å². The van der Waals surface area contributed by atoms with Crippen molar-refractivity contribution in [3.63, 3.8) is 0 Å². The summed E-state index contributed by atoms with van der Waals surface area (Å²) in [4.78, 5) is 0. The van der Waals surface area contributed by atoms with Crippen LogP contribution in [-0.2, 0) is 10.8 Å². The molecule has 0 aromatic heterocycles. The van der Waals surface area contributed by atoms with Crippen LogP contribution in [0.1, 0.15) is 5.56 Å². The van der Waals surface area contributed by atoms with Crippen LogP contribution in [0.15, 0.2) is 55.1 Å². The molecule has 0 fully saturated rings. The van der Waals surface area contributed by atoms with Crippen LogP contribution < -0.4 is 0 Å². The van der Waals surface area contributed by atoms with Gasteiger partial charge in [-0.2, -0.15) is 0 Å². The minimum absolute atomic E-state index is 0.543. The molecule has 0 saturated heterocycles. The first-order chi connectivity index (χ1) is 8.42. The predicted octanol–water partition coefficient (Wildman–Crippen LogP) is 3.62.